The molecule has 1 aromatic carbocycles. The lowest BCUT2D eigenvalue weighted by Gasteiger charge is -2.11. The number of anilines is 3. The van der Waals surface area contributed by atoms with Crippen molar-refractivity contribution < 1.29 is 4.79 Å². The Bertz CT molecular complexity index is 1250. The molecule has 9 heteroatoms. The molecule has 1 amide bonds. The summed E-state index contributed by atoms with van der Waals surface area (Å²) in [5, 5.41) is 13.7. The normalized spacial score (nSPS) is 10.6. The van der Waals surface area contributed by atoms with Crippen LogP contribution in [0.3, 0.4) is 0 Å². The Labute approximate surface area is 192 Å². The van der Waals surface area contributed by atoms with Crippen LogP contribution >= 0.6 is 0 Å². The standard InChI is InChI=1S/C24H26N8O/c1-16-9-10-25-21(13-16)31-23-14-22(29-18(3)30-23)26-11-12-27-24(33)20-15-28-32(17(20)2)19-7-5-4-6-8-19/h4-10,13-15H,11-12H2,1-3H3,(H,27,33)(H2,25,26,29,30,31). The number of amides is 1. The fourth-order valence-corrected chi connectivity index (χ4v) is 3.38. The molecule has 33 heavy (non-hydrogen) atoms. The van der Waals surface area contributed by atoms with Crippen LogP contribution in [0.25, 0.3) is 5.69 Å². The van der Waals surface area contributed by atoms with E-state index in [0.717, 1.165) is 22.8 Å². The number of rotatable bonds is 8. The van der Waals surface area contributed by atoms with Crippen LogP contribution in [-0.2, 0) is 0 Å². The summed E-state index contributed by atoms with van der Waals surface area (Å²) in [5.74, 6) is 2.50. The molecule has 0 radical (unpaired) electrons. The van der Waals surface area contributed by atoms with Crippen LogP contribution in [-0.4, -0.2) is 43.7 Å². The van der Waals surface area contributed by atoms with Crippen LogP contribution in [0.2, 0.25) is 0 Å². The number of aryl methyl sites for hydroxylation is 2. The molecule has 0 fully saturated rings. The molecule has 0 saturated heterocycles. The summed E-state index contributed by atoms with van der Waals surface area (Å²) in [6.45, 7) is 6.66. The van der Waals surface area contributed by atoms with Gasteiger partial charge in [0.2, 0.25) is 0 Å². The van der Waals surface area contributed by atoms with Gasteiger partial charge in [0.05, 0.1) is 23.1 Å². The number of hydrogen-bond acceptors (Lipinski definition) is 7. The fraction of sp³-hybridized carbons (Fsp3) is 0.208. The molecule has 0 spiro atoms. The zero-order valence-electron chi connectivity index (χ0n) is 18.8. The van der Waals surface area contributed by atoms with Crippen LogP contribution in [0.4, 0.5) is 17.5 Å². The predicted molar refractivity (Wildman–Crippen MR) is 128 cm³/mol. The van der Waals surface area contributed by atoms with E-state index in [-0.39, 0.29) is 5.91 Å². The smallest absolute Gasteiger partial charge is 0.254 e. The number of benzene rings is 1. The largest absolute Gasteiger partial charge is 0.368 e. The van der Waals surface area contributed by atoms with E-state index in [9.17, 15) is 4.79 Å². The minimum Gasteiger partial charge on any atom is -0.368 e. The maximum atomic E-state index is 12.6. The molecular formula is C24H26N8O. The van der Waals surface area contributed by atoms with Gasteiger partial charge in [-0.05, 0) is 50.6 Å². The van der Waals surface area contributed by atoms with E-state index in [1.807, 2.05) is 69.3 Å². The Hall–Kier alpha value is -4.27. The zero-order chi connectivity index (χ0) is 23.2. The Kier molecular flexibility index (Phi) is 6.58. The maximum absolute atomic E-state index is 12.6. The van der Waals surface area contributed by atoms with E-state index in [1.165, 1.54) is 0 Å². The molecule has 168 valence electrons. The molecule has 0 aliphatic carbocycles. The lowest BCUT2D eigenvalue weighted by molar-refractivity contribution is 0.0954. The highest BCUT2D eigenvalue weighted by Crippen LogP contribution is 2.17. The zero-order valence-corrected chi connectivity index (χ0v) is 18.8. The molecule has 0 aliphatic rings. The first-order chi connectivity index (χ1) is 16.0. The number of nitrogens with one attached hydrogen (secondary N) is 3. The lowest BCUT2D eigenvalue weighted by atomic mass is 10.2. The molecule has 3 N–H and O–H groups in total. The van der Waals surface area contributed by atoms with Crippen molar-refractivity contribution in [2.24, 2.45) is 0 Å². The van der Waals surface area contributed by atoms with Crippen molar-refractivity contribution in [3.8, 4) is 5.69 Å². The van der Waals surface area contributed by atoms with Gasteiger partial charge >= 0.3 is 0 Å². The van der Waals surface area contributed by atoms with Crippen molar-refractivity contribution >= 4 is 23.4 Å². The van der Waals surface area contributed by atoms with Crippen LogP contribution in [0.15, 0.2) is 60.9 Å². The van der Waals surface area contributed by atoms with E-state index in [1.54, 1.807) is 17.1 Å². The van der Waals surface area contributed by atoms with Crippen molar-refractivity contribution in [3.63, 3.8) is 0 Å². The number of pyridine rings is 1. The van der Waals surface area contributed by atoms with Crippen LogP contribution in [0.5, 0.6) is 0 Å². The number of hydrogen-bond donors (Lipinski definition) is 3. The highest BCUT2D eigenvalue weighted by Gasteiger charge is 2.14. The average molecular weight is 443 g/mol. The molecule has 0 saturated carbocycles. The minimum atomic E-state index is -0.164. The number of para-hydroxylation sites is 1. The molecule has 0 atom stereocenters. The first-order valence-corrected chi connectivity index (χ1v) is 10.7. The van der Waals surface area contributed by atoms with Crippen LogP contribution in [0, 0.1) is 20.8 Å². The summed E-state index contributed by atoms with van der Waals surface area (Å²) >= 11 is 0. The predicted octanol–water partition coefficient (Wildman–Crippen LogP) is 3.57. The molecule has 4 rings (SSSR count). The summed E-state index contributed by atoms with van der Waals surface area (Å²) < 4.78 is 1.76. The molecule has 4 aromatic rings. The highest BCUT2D eigenvalue weighted by atomic mass is 16.1. The molecule has 0 aliphatic heterocycles. The van der Waals surface area contributed by atoms with E-state index < -0.39 is 0 Å². The summed E-state index contributed by atoms with van der Waals surface area (Å²) in [6, 6.07) is 15.4. The third-order valence-electron chi connectivity index (χ3n) is 4.98. The molecule has 9 nitrogen and oxygen atoms in total. The maximum Gasteiger partial charge on any atom is 0.254 e. The molecule has 3 heterocycles. The Morgan fingerprint density at radius 1 is 0.939 bits per heavy atom. The van der Waals surface area contributed by atoms with Gasteiger partial charge in [-0.1, -0.05) is 18.2 Å². The van der Waals surface area contributed by atoms with Crippen molar-refractivity contribution in [2.75, 3.05) is 23.7 Å². The summed E-state index contributed by atoms with van der Waals surface area (Å²) in [7, 11) is 0. The van der Waals surface area contributed by atoms with Gasteiger partial charge in [-0.3, -0.25) is 4.79 Å². The van der Waals surface area contributed by atoms with E-state index in [0.29, 0.717) is 36.1 Å². The van der Waals surface area contributed by atoms with Crippen molar-refractivity contribution in [1.29, 1.82) is 0 Å². The highest BCUT2D eigenvalue weighted by molar-refractivity contribution is 5.95. The SMILES string of the molecule is Cc1ccnc(Nc2cc(NCCNC(=O)c3cnn(-c4ccccc4)c3C)nc(C)n2)c1. The van der Waals surface area contributed by atoms with E-state index in [4.69, 9.17) is 0 Å². The van der Waals surface area contributed by atoms with Gasteiger partial charge in [-0.2, -0.15) is 5.10 Å². The van der Waals surface area contributed by atoms with Crippen molar-refractivity contribution in [3.05, 3.63) is 83.6 Å². The van der Waals surface area contributed by atoms with Crippen LogP contribution in [0.1, 0.15) is 27.4 Å². The second-order valence-electron chi connectivity index (χ2n) is 7.60. The quantitative estimate of drug-likeness (QED) is 0.358. The minimum absolute atomic E-state index is 0.164. The summed E-state index contributed by atoms with van der Waals surface area (Å²) in [4.78, 5) is 25.7. The van der Waals surface area contributed by atoms with Crippen LogP contribution < -0.4 is 16.0 Å². The second-order valence-corrected chi connectivity index (χ2v) is 7.60. The summed E-state index contributed by atoms with van der Waals surface area (Å²) in [6.07, 6.45) is 3.34. The van der Waals surface area contributed by atoms with Gasteiger partial charge in [0.1, 0.15) is 23.3 Å². The monoisotopic (exact) mass is 442 g/mol. The first-order valence-electron chi connectivity index (χ1n) is 10.7. The Balaban J connectivity index is 1.32. The number of aromatic nitrogens is 5. The van der Waals surface area contributed by atoms with Gasteiger partial charge in [-0.15, -0.1) is 0 Å². The molecule has 0 unspecified atom stereocenters. The average Bonchev–Trinajstić information content (AvgIpc) is 3.18. The van der Waals surface area contributed by atoms with Gasteiger partial charge in [-0.25, -0.2) is 19.6 Å². The fourth-order valence-electron chi connectivity index (χ4n) is 3.38. The molecular weight excluding hydrogens is 416 g/mol. The van der Waals surface area contributed by atoms with E-state index in [2.05, 4.69) is 36.0 Å². The Morgan fingerprint density at radius 3 is 2.52 bits per heavy atom. The third kappa shape index (κ3) is 5.51. The molecule has 3 aromatic heterocycles. The van der Waals surface area contributed by atoms with Gasteiger partial charge < -0.3 is 16.0 Å². The van der Waals surface area contributed by atoms with Gasteiger partial charge in [0, 0.05) is 25.4 Å². The van der Waals surface area contributed by atoms with Crippen molar-refractivity contribution in [1.82, 2.24) is 30.0 Å². The number of carbonyl (C=O) groups excluding carboxylic acids is 1. The third-order valence-corrected chi connectivity index (χ3v) is 4.98. The lowest BCUT2D eigenvalue weighted by Crippen LogP contribution is -2.29. The number of carbonyl (C=O) groups is 1. The first kappa shape index (κ1) is 21.9. The van der Waals surface area contributed by atoms with Crippen molar-refractivity contribution in [2.45, 2.75) is 20.8 Å². The number of nitrogens with zero attached hydrogens (tertiary/aromatic N) is 5. The summed E-state index contributed by atoms with van der Waals surface area (Å²) in [5.41, 5.74) is 3.37. The molecule has 0 bridgehead atoms. The Morgan fingerprint density at radius 2 is 1.73 bits per heavy atom. The van der Waals surface area contributed by atoms with Gasteiger partial charge in [0.25, 0.3) is 5.91 Å². The van der Waals surface area contributed by atoms with E-state index >= 15 is 0 Å². The topological polar surface area (TPSA) is 110 Å². The van der Waals surface area contributed by atoms with Gasteiger partial charge in [0.15, 0.2) is 0 Å². The second kappa shape index (κ2) is 9.90.